The minimum absolute atomic E-state index is 0. The number of nitro benzene ring substituents is 1. The van der Waals surface area contributed by atoms with Crippen molar-refractivity contribution in [2.75, 3.05) is 13.2 Å². The van der Waals surface area contributed by atoms with E-state index in [-0.39, 0.29) is 24.7 Å². The van der Waals surface area contributed by atoms with E-state index in [1.165, 1.54) is 6.07 Å². The van der Waals surface area contributed by atoms with Crippen LogP contribution in [0.2, 0.25) is 0 Å². The average Bonchev–Trinajstić information content (AvgIpc) is 2.15. The largest absolute Gasteiger partial charge is 0.485 e. The van der Waals surface area contributed by atoms with Crippen molar-refractivity contribution in [3.05, 3.63) is 33.4 Å². The fourth-order valence-corrected chi connectivity index (χ4v) is 1.42. The summed E-state index contributed by atoms with van der Waals surface area (Å²) in [6, 6.07) is 3.34. The van der Waals surface area contributed by atoms with Crippen LogP contribution in [0.15, 0.2) is 12.1 Å². The van der Waals surface area contributed by atoms with E-state index in [0.717, 1.165) is 11.1 Å². The second kappa shape index (κ2) is 6.30. The number of rotatable bonds is 4. The first-order chi connectivity index (χ1) is 7.06. The lowest BCUT2D eigenvalue weighted by Gasteiger charge is -2.09. The van der Waals surface area contributed by atoms with Gasteiger partial charge in [0.05, 0.1) is 4.92 Å². The quantitative estimate of drug-likeness (QED) is 0.651. The fourth-order valence-electron chi connectivity index (χ4n) is 1.42. The molecule has 0 atom stereocenters. The number of benzene rings is 1. The van der Waals surface area contributed by atoms with Gasteiger partial charge in [-0.05, 0) is 25.0 Å². The van der Waals surface area contributed by atoms with E-state index < -0.39 is 4.92 Å². The van der Waals surface area contributed by atoms with Gasteiger partial charge in [0, 0.05) is 12.6 Å². The molecule has 0 aliphatic heterocycles. The van der Waals surface area contributed by atoms with Crippen LogP contribution in [0, 0.1) is 24.0 Å². The number of ether oxygens (including phenoxy) is 1. The molecule has 2 N–H and O–H groups in total. The lowest BCUT2D eigenvalue weighted by molar-refractivity contribution is -0.385. The maximum atomic E-state index is 10.8. The third-order valence-corrected chi connectivity index (χ3v) is 1.96. The van der Waals surface area contributed by atoms with E-state index in [1.54, 1.807) is 6.92 Å². The number of hydrogen-bond acceptors (Lipinski definition) is 4. The van der Waals surface area contributed by atoms with Gasteiger partial charge < -0.3 is 10.5 Å². The van der Waals surface area contributed by atoms with Crippen molar-refractivity contribution in [1.29, 1.82) is 0 Å². The summed E-state index contributed by atoms with van der Waals surface area (Å²) in [5.41, 5.74) is 6.89. The smallest absolute Gasteiger partial charge is 0.311 e. The van der Waals surface area contributed by atoms with Crippen molar-refractivity contribution < 1.29 is 9.66 Å². The molecule has 0 aliphatic rings. The van der Waals surface area contributed by atoms with Crippen LogP contribution in [0.4, 0.5) is 5.69 Å². The average molecular weight is 247 g/mol. The number of nitro groups is 1. The molecular formula is C10H15ClN2O3. The highest BCUT2D eigenvalue weighted by atomic mass is 35.5. The normalized spacial score (nSPS) is 9.44. The molecule has 90 valence electrons. The van der Waals surface area contributed by atoms with Gasteiger partial charge in [0.1, 0.15) is 6.61 Å². The molecule has 1 aromatic carbocycles. The Bertz CT molecular complexity index is 383. The Morgan fingerprint density at radius 2 is 2.06 bits per heavy atom. The van der Waals surface area contributed by atoms with Gasteiger partial charge in [0.15, 0.2) is 5.75 Å². The Labute approximate surface area is 100 Å². The maximum Gasteiger partial charge on any atom is 0.311 e. The van der Waals surface area contributed by atoms with Gasteiger partial charge in [-0.15, -0.1) is 12.4 Å². The van der Waals surface area contributed by atoms with Gasteiger partial charge in [0.2, 0.25) is 0 Å². The van der Waals surface area contributed by atoms with E-state index >= 15 is 0 Å². The van der Waals surface area contributed by atoms with E-state index in [0.29, 0.717) is 12.3 Å². The van der Waals surface area contributed by atoms with Gasteiger partial charge in [-0.1, -0.05) is 6.07 Å². The van der Waals surface area contributed by atoms with Crippen LogP contribution in [-0.4, -0.2) is 18.1 Å². The number of aryl methyl sites for hydroxylation is 2. The Morgan fingerprint density at radius 1 is 1.44 bits per heavy atom. The van der Waals surface area contributed by atoms with Crippen LogP contribution in [0.1, 0.15) is 11.1 Å². The molecule has 0 heterocycles. The summed E-state index contributed by atoms with van der Waals surface area (Å²) in [6.07, 6.45) is 0. The lowest BCUT2D eigenvalue weighted by atomic mass is 10.1. The summed E-state index contributed by atoms with van der Waals surface area (Å²) in [6.45, 7) is 4.22. The molecule has 0 saturated carbocycles. The third-order valence-electron chi connectivity index (χ3n) is 1.96. The predicted molar refractivity (Wildman–Crippen MR) is 64.4 cm³/mol. The SMILES string of the molecule is Cc1cc(C)c(OCCN)c([N+](=O)[O-])c1.Cl. The molecule has 5 nitrogen and oxygen atoms in total. The highest BCUT2D eigenvalue weighted by Gasteiger charge is 2.17. The van der Waals surface area contributed by atoms with E-state index in [4.69, 9.17) is 10.5 Å². The summed E-state index contributed by atoms with van der Waals surface area (Å²) >= 11 is 0. The maximum absolute atomic E-state index is 10.8. The van der Waals surface area contributed by atoms with Crippen LogP contribution >= 0.6 is 12.4 Å². The monoisotopic (exact) mass is 246 g/mol. The first-order valence-electron chi connectivity index (χ1n) is 4.64. The van der Waals surface area contributed by atoms with Gasteiger partial charge >= 0.3 is 5.69 Å². The van der Waals surface area contributed by atoms with Gasteiger partial charge in [0.25, 0.3) is 0 Å². The molecule has 0 spiro atoms. The standard InChI is InChI=1S/C10H14N2O3.ClH/c1-7-5-8(2)10(15-4-3-11)9(6-7)12(13)14;/h5-6H,3-4,11H2,1-2H3;1H. The molecule has 0 aromatic heterocycles. The molecule has 0 aliphatic carbocycles. The molecule has 16 heavy (non-hydrogen) atoms. The van der Waals surface area contributed by atoms with Gasteiger partial charge in [-0.2, -0.15) is 0 Å². The molecule has 0 fully saturated rings. The fraction of sp³-hybridized carbons (Fsp3) is 0.400. The lowest BCUT2D eigenvalue weighted by Crippen LogP contribution is -2.12. The second-order valence-electron chi connectivity index (χ2n) is 3.32. The zero-order chi connectivity index (χ0) is 11.4. The highest BCUT2D eigenvalue weighted by molar-refractivity contribution is 5.85. The van der Waals surface area contributed by atoms with E-state index in [1.807, 2.05) is 13.0 Å². The van der Waals surface area contributed by atoms with E-state index in [9.17, 15) is 10.1 Å². The van der Waals surface area contributed by atoms with Gasteiger partial charge in [-0.3, -0.25) is 10.1 Å². The van der Waals surface area contributed by atoms with Crippen LogP contribution in [0.25, 0.3) is 0 Å². The Balaban J connectivity index is 0.00000225. The molecular weight excluding hydrogens is 232 g/mol. The summed E-state index contributed by atoms with van der Waals surface area (Å²) in [4.78, 5) is 10.3. The minimum atomic E-state index is -0.439. The zero-order valence-corrected chi connectivity index (χ0v) is 10.0. The first-order valence-corrected chi connectivity index (χ1v) is 4.64. The molecule has 0 unspecified atom stereocenters. The molecule has 0 amide bonds. The number of halogens is 1. The molecule has 1 aromatic rings. The minimum Gasteiger partial charge on any atom is -0.485 e. The number of hydrogen-bond donors (Lipinski definition) is 1. The second-order valence-corrected chi connectivity index (χ2v) is 3.32. The van der Waals surface area contributed by atoms with Crippen molar-refractivity contribution >= 4 is 18.1 Å². The van der Waals surface area contributed by atoms with Crippen molar-refractivity contribution in [2.24, 2.45) is 5.73 Å². The molecule has 0 bridgehead atoms. The molecule has 0 radical (unpaired) electrons. The van der Waals surface area contributed by atoms with Crippen molar-refractivity contribution in [3.63, 3.8) is 0 Å². The van der Waals surface area contributed by atoms with Crippen molar-refractivity contribution in [1.82, 2.24) is 0 Å². The summed E-state index contributed by atoms with van der Waals surface area (Å²) < 4.78 is 5.27. The first kappa shape index (κ1) is 14.7. The Morgan fingerprint density at radius 3 is 2.56 bits per heavy atom. The zero-order valence-electron chi connectivity index (χ0n) is 9.23. The summed E-state index contributed by atoms with van der Waals surface area (Å²) in [5, 5.41) is 10.8. The molecule has 6 heteroatoms. The third kappa shape index (κ3) is 3.36. The molecule has 1 rings (SSSR count). The number of nitrogens with two attached hydrogens (primary N) is 1. The number of nitrogens with zero attached hydrogens (tertiary/aromatic N) is 1. The Kier molecular flexibility index (Phi) is 5.77. The van der Waals surface area contributed by atoms with Crippen LogP contribution in [-0.2, 0) is 0 Å². The summed E-state index contributed by atoms with van der Waals surface area (Å²) in [7, 11) is 0. The molecule has 0 saturated heterocycles. The topological polar surface area (TPSA) is 78.4 Å². The van der Waals surface area contributed by atoms with Crippen molar-refractivity contribution in [3.8, 4) is 5.75 Å². The van der Waals surface area contributed by atoms with Crippen LogP contribution in [0.3, 0.4) is 0 Å². The summed E-state index contributed by atoms with van der Waals surface area (Å²) in [5.74, 6) is 0.316. The van der Waals surface area contributed by atoms with Crippen LogP contribution in [0.5, 0.6) is 5.75 Å². The Hall–Kier alpha value is -1.33. The highest BCUT2D eigenvalue weighted by Crippen LogP contribution is 2.31. The van der Waals surface area contributed by atoms with Crippen LogP contribution < -0.4 is 10.5 Å². The predicted octanol–water partition coefficient (Wildman–Crippen LogP) is 1.97. The van der Waals surface area contributed by atoms with E-state index in [2.05, 4.69) is 0 Å². The van der Waals surface area contributed by atoms with Gasteiger partial charge in [-0.25, -0.2) is 0 Å². The van der Waals surface area contributed by atoms with Crippen molar-refractivity contribution in [2.45, 2.75) is 13.8 Å².